The number of para-hydroxylation sites is 2. The number of rotatable bonds is 9. The van der Waals surface area contributed by atoms with Gasteiger partial charge in [0.1, 0.15) is 17.2 Å². The van der Waals surface area contributed by atoms with E-state index in [1.54, 1.807) is 36.5 Å². The smallest absolute Gasteiger partial charge is 0.253 e. The monoisotopic (exact) mass is 469 g/mol. The van der Waals surface area contributed by atoms with Gasteiger partial charge in [0, 0.05) is 24.5 Å². The standard InChI is InChI=1S/C25H21N5O3.C2H6/c1-2-21(31)30-19-11-7-6-10-18(19)29-20-14-17(12-13-26-20)28-23-22(24(32)25(23)33)27-15-16-8-4-3-5-9-16;1-2/h2-14,27H,1,15H2,(H,30,31)(H2,26,28,29);1-2H3. The van der Waals surface area contributed by atoms with Gasteiger partial charge in [0.05, 0.1) is 11.4 Å². The highest BCUT2D eigenvalue weighted by Gasteiger charge is 2.21. The molecule has 0 bridgehead atoms. The lowest BCUT2D eigenvalue weighted by atomic mass is 10.1. The van der Waals surface area contributed by atoms with Crippen LogP contribution in [-0.4, -0.2) is 10.9 Å². The predicted octanol–water partition coefficient (Wildman–Crippen LogP) is 4.93. The van der Waals surface area contributed by atoms with E-state index in [-0.39, 0.29) is 17.3 Å². The van der Waals surface area contributed by atoms with Crippen LogP contribution in [0.3, 0.4) is 0 Å². The fourth-order valence-electron chi connectivity index (χ4n) is 3.21. The molecule has 4 N–H and O–H groups in total. The molecule has 0 spiro atoms. The number of pyridine rings is 1. The molecule has 4 rings (SSSR count). The molecule has 0 atom stereocenters. The zero-order valence-corrected chi connectivity index (χ0v) is 19.6. The van der Waals surface area contributed by atoms with E-state index in [1.165, 1.54) is 6.08 Å². The normalized spacial score (nSPS) is 10.0. The van der Waals surface area contributed by atoms with Crippen LogP contribution in [0.4, 0.5) is 34.3 Å². The van der Waals surface area contributed by atoms with Crippen LogP contribution in [-0.2, 0) is 11.3 Å². The highest BCUT2D eigenvalue weighted by Crippen LogP contribution is 2.27. The quantitative estimate of drug-likeness (QED) is 0.203. The Balaban J connectivity index is 0.00000167. The Kier molecular flexibility index (Phi) is 8.50. The Hall–Kier alpha value is -4.72. The molecule has 8 heteroatoms. The molecule has 178 valence electrons. The van der Waals surface area contributed by atoms with Gasteiger partial charge in [-0.15, -0.1) is 0 Å². The topological polar surface area (TPSA) is 112 Å². The maximum absolute atomic E-state index is 12.2. The molecule has 0 aliphatic heterocycles. The van der Waals surface area contributed by atoms with Crippen LogP contribution in [0, 0.1) is 0 Å². The van der Waals surface area contributed by atoms with E-state index >= 15 is 0 Å². The van der Waals surface area contributed by atoms with Crippen LogP contribution >= 0.6 is 0 Å². The van der Waals surface area contributed by atoms with Crippen LogP contribution in [0.5, 0.6) is 0 Å². The first-order chi connectivity index (χ1) is 17.0. The Bertz CT molecular complexity index is 1380. The number of carbonyl (C=O) groups is 1. The van der Waals surface area contributed by atoms with Crippen molar-refractivity contribution < 1.29 is 4.79 Å². The molecule has 0 unspecified atom stereocenters. The van der Waals surface area contributed by atoms with E-state index < -0.39 is 10.9 Å². The average molecular weight is 470 g/mol. The maximum Gasteiger partial charge on any atom is 0.253 e. The van der Waals surface area contributed by atoms with Gasteiger partial charge in [-0.25, -0.2) is 4.98 Å². The van der Waals surface area contributed by atoms with Crippen LogP contribution in [0.15, 0.2) is 95.2 Å². The van der Waals surface area contributed by atoms with Gasteiger partial charge in [0.15, 0.2) is 0 Å². The maximum atomic E-state index is 12.2. The average Bonchev–Trinajstić information content (AvgIpc) is 2.91. The van der Waals surface area contributed by atoms with E-state index in [0.717, 1.165) is 5.56 Å². The zero-order valence-electron chi connectivity index (χ0n) is 19.6. The van der Waals surface area contributed by atoms with E-state index in [1.807, 2.05) is 50.2 Å². The van der Waals surface area contributed by atoms with Crippen molar-refractivity contribution in [1.82, 2.24) is 4.98 Å². The lowest BCUT2D eigenvalue weighted by molar-refractivity contribution is -0.111. The number of nitrogens with zero attached hydrogens (tertiary/aromatic N) is 1. The lowest BCUT2D eigenvalue weighted by Crippen LogP contribution is -2.36. The Morgan fingerprint density at radius 2 is 1.54 bits per heavy atom. The van der Waals surface area contributed by atoms with Crippen molar-refractivity contribution in [1.29, 1.82) is 0 Å². The fourth-order valence-corrected chi connectivity index (χ4v) is 3.21. The highest BCUT2D eigenvalue weighted by atomic mass is 16.2. The molecular weight excluding hydrogens is 442 g/mol. The number of nitrogens with one attached hydrogen (secondary N) is 4. The number of hydrogen-bond acceptors (Lipinski definition) is 7. The van der Waals surface area contributed by atoms with Crippen molar-refractivity contribution in [3.8, 4) is 0 Å². The molecule has 4 aromatic rings. The zero-order chi connectivity index (χ0) is 25.2. The number of aromatic nitrogens is 1. The first-order valence-corrected chi connectivity index (χ1v) is 11.2. The first-order valence-electron chi connectivity index (χ1n) is 11.2. The SMILES string of the molecule is C=CC(=O)Nc1ccccc1Nc1cc(Nc2c(NCc3ccccc3)c(=O)c2=O)ccn1.CC. The fraction of sp³-hybridized carbons (Fsp3) is 0.111. The van der Waals surface area contributed by atoms with Gasteiger partial charge < -0.3 is 21.3 Å². The van der Waals surface area contributed by atoms with E-state index in [0.29, 0.717) is 29.4 Å². The van der Waals surface area contributed by atoms with Gasteiger partial charge in [-0.3, -0.25) is 14.4 Å². The summed E-state index contributed by atoms with van der Waals surface area (Å²) < 4.78 is 0. The molecule has 3 aromatic carbocycles. The van der Waals surface area contributed by atoms with Crippen molar-refractivity contribution in [2.45, 2.75) is 20.4 Å². The number of amides is 1. The van der Waals surface area contributed by atoms with Crippen molar-refractivity contribution >= 4 is 40.2 Å². The van der Waals surface area contributed by atoms with Gasteiger partial charge in [-0.2, -0.15) is 0 Å². The molecule has 0 aliphatic carbocycles. The van der Waals surface area contributed by atoms with Gasteiger partial charge in [-0.1, -0.05) is 62.9 Å². The molecule has 0 saturated carbocycles. The van der Waals surface area contributed by atoms with Crippen LogP contribution in [0.1, 0.15) is 19.4 Å². The van der Waals surface area contributed by atoms with Crippen LogP contribution in [0.2, 0.25) is 0 Å². The summed E-state index contributed by atoms with van der Waals surface area (Å²) in [6.07, 6.45) is 2.76. The van der Waals surface area contributed by atoms with Crippen molar-refractivity contribution in [2.75, 3.05) is 21.3 Å². The van der Waals surface area contributed by atoms with Crippen molar-refractivity contribution in [2.24, 2.45) is 0 Å². The number of hydrogen-bond donors (Lipinski definition) is 4. The lowest BCUT2D eigenvalue weighted by Gasteiger charge is -2.16. The largest absolute Gasteiger partial charge is 0.376 e. The first kappa shape index (κ1) is 24.9. The summed E-state index contributed by atoms with van der Waals surface area (Å²) in [4.78, 5) is 40.2. The molecular formula is C27H27N5O3. The summed E-state index contributed by atoms with van der Waals surface area (Å²) in [6, 6.07) is 20.1. The van der Waals surface area contributed by atoms with Crippen LogP contribution < -0.4 is 32.1 Å². The summed E-state index contributed by atoms with van der Waals surface area (Å²) in [5.41, 5.74) is 2.12. The molecule has 0 saturated heterocycles. The third-order valence-electron chi connectivity index (χ3n) is 4.88. The minimum atomic E-state index is -0.575. The minimum absolute atomic E-state index is 0.215. The predicted molar refractivity (Wildman–Crippen MR) is 143 cm³/mol. The molecule has 35 heavy (non-hydrogen) atoms. The van der Waals surface area contributed by atoms with E-state index in [9.17, 15) is 14.4 Å². The van der Waals surface area contributed by atoms with Gasteiger partial charge in [-0.05, 0) is 29.8 Å². The Labute approximate surface area is 203 Å². The summed E-state index contributed by atoms with van der Waals surface area (Å²) >= 11 is 0. The number of carbonyl (C=O) groups excluding carboxylic acids is 1. The third-order valence-corrected chi connectivity index (χ3v) is 4.88. The van der Waals surface area contributed by atoms with Crippen molar-refractivity contribution in [3.63, 3.8) is 0 Å². The highest BCUT2D eigenvalue weighted by molar-refractivity contribution is 6.01. The number of benzene rings is 2. The van der Waals surface area contributed by atoms with E-state index in [4.69, 9.17) is 0 Å². The molecule has 0 radical (unpaired) electrons. The Morgan fingerprint density at radius 3 is 2.26 bits per heavy atom. The number of anilines is 6. The van der Waals surface area contributed by atoms with Gasteiger partial charge in [0.2, 0.25) is 5.91 Å². The molecule has 0 fully saturated rings. The molecule has 1 amide bonds. The van der Waals surface area contributed by atoms with Crippen LogP contribution in [0.25, 0.3) is 0 Å². The van der Waals surface area contributed by atoms with Gasteiger partial charge >= 0.3 is 0 Å². The van der Waals surface area contributed by atoms with Crippen molar-refractivity contribution in [3.05, 3.63) is 112 Å². The molecule has 0 aliphatic rings. The summed E-state index contributed by atoms with van der Waals surface area (Å²) in [5.74, 6) is 0.154. The van der Waals surface area contributed by atoms with E-state index in [2.05, 4.69) is 32.8 Å². The second kappa shape index (κ2) is 11.9. The molecule has 8 nitrogen and oxygen atoms in total. The minimum Gasteiger partial charge on any atom is -0.376 e. The summed E-state index contributed by atoms with van der Waals surface area (Å²) in [5, 5.41) is 11.9. The molecule has 1 aromatic heterocycles. The molecule has 1 heterocycles. The Morgan fingerprint density at radius 1 is 0.886 bits per heavy atom. The summed E-state index contributed by atoms with van der Waals surface area (Å²) in [7, 11) is 0. The third kappa shape index (κ3) is 6.20. The van der Waals surface area contributed by atoms with Gasteiger partial charge in [0.25, 0.3) is 10.9 Å². The summed E-state index contributed by atoms with van der Waals surface area (Å²) in [6.45, 7) is 7.88. The second-order valence-electron chi connectivity index (χ2n) is 7.17. The second-order valence-corrected chi connectivity index (χ2v) is 7.17.